The van der Waals surface area contributed by atoms with Crippen LogP contribution in [0.25, 0.3) is 0 Å². The average Bonchev–Trinajstić information content (AvgIpc) is 2.48. The summed E-state index contributed by atoms with van der Waals surface area (Å²) in [5.74, 6) is 1.68. The molecule has 1 heterocycles. The van der Waals surface area contributed by atoms with Gasteiger partial charge in [0.25, 0.3) is 0 Å². The predicted octanol–water partition coefficient (Wildman–Crippen LogP) is 2.15. The molecule has 2 unspecified atom stereocenters. The highest BCUT2D eigenvalue weighted by molar-refractivity contribution is 8.01. The molecule has 2 N–H and O–H groups in total. The second-order valence-electron chi connectivity index (χ2n) is 5.03. The number of nitrogens with two attached hydrogens (primary N) is 1. The lowest BCUT2D eigenvalue weighted by Gasteiger charge is -2.40. The van der Waals surface area contributed by atoms with E-state index in [1.54, 1.807) is 18.7 Å². The smallest absolute Gasteiger partial charge is 0.166 e. The molecule has 1 saturated heterocycles. The van der Waals surface area contributed by atoms with Crippen LogP contribution in [0.1, 0.15) is 18.5 Å². The van der Waals surface area contributed by atoms with Crippen LogP contribution in [-0.4, -0.2) is 49.0 Å². The monoisotopic (exact) mass is 348 g/mol. The molecule has 0 radical (unpaired) electrons. The summed E-state index contributed by atoms with van der Waals surface area (Å²) in [5, 5.41) is 0.181. The van der Waals surface area contributed by atoms with Gasteiger partial charge < -0.3 is 5.73 Å². The van der Waals surface area contributed by atoms with E-state index in [4.69, 9.17) is 17.3 Å². The minimum atomic E-state index is -3.13. The molecule has 0 bridgehead atoms. The van der Waals surface area contributed by atoms with E-state index < -0.39 is 15.2 Å². The fourth-order valence-electron chi connectivity index (χ4n) is 2.63. The van der Waals surface area contributed by atoms with Gasteiger partial charge in [0.1, 0.15) is 5.37 Å². The lowest BCUT2D eigenvalue weighted by atomic mass is 10.1. The molecule has 2 atom stereocenters. The fourth-order valence-corrected chi connectivity index (χ4v) is 5.90. The lowest BCUT2D eigenvalue weighted by molar-refractivity contribution is 0.197. The summed E-state index contributed by atoms with van der Waals surface area (Å²) in [6.45, 7) is 2.80. The summed E-state index contributed by atoms with van der Waals surface area (Å²) in [5.41, 5.74) is 6.93. The largest absolute Gasteiger partial charge is 0.329 e. The number of hydrogen-bond acceptors (Lipinski definition) is 5. The third-order valence-electron chi connectivity index (χ3n) is 3.80. The van der Waals surface area contributed by atoms with Crippen molar-refractivity contribution in [2.75, 3.05) is 30.3 Å². The van der Waals surface area contributed by atoms with Crippen LogP contribution in [0.15, 0.2) is 24.3 Å². The Balaban J connectivity index is 2.34. The average molecular weight is 349 g/mol. The number of hydrogen-bond donors (Lipinski definition) is 1. The number of nitrogens with zero attached hydrogens (tertiary/aromatic N) is 1. The number of thioether (sulfide) groups is 1. The molecule has 0 aliphatic carbocycles. The van der Waals surface area contributed by atoms with Crippen molar-refractivity contribution < 1.29 is 8.42 Å². The van der Waals surface area contributed by atoms with Crippen molar-refractivity contribution in [1.29, 1.82) is 0 Å². The van der Waals surface area contributed by atoms with Crippen molar-refractivity contribution in [1.82, 2.24) is 4.90 Å². The van der Waals surface area contributed by atoms with Crippen LogP contribution in [0.5, 0.6) is 0 Å². The standard InChI is InChI=1S/C14H21ClN2O2S2/c1-2-21(18,19)14-10-20-7-6-17(14)13(9-16)11-4-3-5-12(15)8-11/h3-5,8,13-14H,2,6-7,9-10,16H2,1H3. The lowest BCUT2D eigenvalue weighted by Crippen LogP contribution is -2.50. The maximum Gasteiger partial charge on any atom is 0.166 e. The number of sulfone groups is 1. The molecule has 1 aliphatic heterocycles. The van der Waals surface area contributed by atoms with Crippen LogP contribution in [0.4, 0.5) is 0 Å². The van der Waals surface area contributed by atoms with Gasteiger partial charge in [-0.25, -0.2) is 8.42 Å². The second kappa shape index (κ2) is 7.33. The Morgan fingerprint density at radius 3 is 2.90 bits per heavy atom. The van der Waals surface area contributed by atoms with Crippen LogP contribution in [0.3, 0.4) is 0 Å². The molecule has 1 fully saturated rings. The fraction of sp³-hybridized carbons (Fsp3) is 0.571. The van der Waals surface area contributed by atoms with E-state index in [-0.39, 0.29) is 11.8 Å². The normalized spacial score (nSPS) is 22.1. The van der Waals surface area contributed by atoms with E-state index in [1.807, 2.05) is 29.2 Å². The van der Waals surface area contributed by atoms with Gasteiger partial charge >= 0.3 is 0 Å². The third-order valence-corrected chi connectivity index (χ3v) is 7.34. The van der Waals surface area contributed by atoms with Gasteiger partial charge in [0, 0.05) is 41.4 Å². The minimum absolute atomic E-state index is 0.115. The minimum Gasteiger partial charge on any atom is -0.329 e. The molecular formula is C14H21ClN2O2S2. The van der Waals surface area contributed by atoms with Crippen LogP contribution >= 0.6 is 23.4 Å². The number of halogens is 1. The summed E-state index contributed by atoms with van der Waals surface area (Å²) >= 11 is 7.74. The molecule has 1 aliphatic rings. The molecule has 1 aromatic carbocycles. The summed E-state index contributed by atoms with van der Waals surface area (Å²) in [6.07, 6.45) is 0. The van der Waals surface area contributed by atoms with Crippen molar-refractivity contribution in [3.05, 3.63) is 34.9 Å². The van der Waals surface area contributed by atoms with Gasteiger partial charge in [-0.15, -0.1) is 0 Å². The first-order chi connectivity index (χ1) is 9.99. The van der Waals surface area contributed by atoms with Crippen LogP contribution < -0.4 is 5.73 Å². The van der Waals surface area contributed by atoms with Crippen LogP contribution in [0.2, 0.25) is 5.02 Å². The molecule has 1 aromatic rings. The second-order valence-corrected chi connectivity index (χ2v) is 9.06. The molecule has 0 spiro atoms. The van der Waals surface area contributed by atoms with Crippen molar-refractivity contribution in [3.8, 4) is 0 Å². The molecule has 0 saturated carbocycles. The zero-order valence-corrected chi connectivity index (χ0v) is 14.4. The maximum atomic E-state index is 12.4. The summed E-state index contributed by atoms with van der Waals surface area (Å²) in [7, 11) is -3.13. The Bertz CT molecular complexity index is 580. The summed E-state index contributed by atoms with van der Waals surface area (Å²) < 4.78 is 24.7. The van der Waals surface area contributed by atoms with Crippen molar-refractivity contribution in [2.24, 2.45) is 5.73 Å². The van der Waals surface area contributed by atoms with E-state index in [1.165, 1.54) is 0 Å². The molecule has 2 rings (SSSR count). The first kappa shape index (κ1) is 17.1. The van der Waals surface area contributed by atoms with E-state index in [0.29, 0.717) is 17.3 Å². The zero-order chi connectivity index (χ0) is 15.5. The van der Waals surface area contributed by atoms with E-state index in [9.17, 15) is 8.42 Å². The maximum absolute atomic E-state index is 12.4. The van der Waals surface area contributed by atoms with Gasteiger partial charge in [0.2, 0.25) is 0 Å². The van der Waals surface area contributed by atoms with Gasteiger partial charge in [0.05, 0.1) is 0 Å². The van der Waals surface area contributed by atoms with E-state index in [2.05, 4.69) is 0 Å². The van der Waals surface area contributed by atoms with Crippen LogP contribution in [0, 0.1) is 0 Å². The van der Waals surface area contributed by atoms with Gasteiger partial charge in [-0.05, 0) is 17.7 Å². The molecule has 21 heavy (non-hydrogen) atoms. The molecule has 118 valence electrons. The Labute approximate surface area is 135 Å². The Morgan fingerprint density at radius 2 is 2.29 bits per heavy atom. The quantitative estimate of drug-likeness (QED) is 0.883. The molecule has 7 heteroatoms. The molecular weight excluding hydrogens is 328 g/mol. The van der Waals surface area contributed by atoms with Gasteiger partial charge in [-0.2, -0.15) is 11.8 Å². The van der Waals surface area contributed by atoms with Gasteiger partial charge in [0.15, 0.2) is 9.84 Å². The highest BCUT2D eigenvalue weighted by Crippen LogP contribution is 2.31. The Kier molecular flexibility index (Phi) is 5.96. The van der Waals surface area contributed by atoms with Crippen molar-refractivity contribution in [3.63, 3.8) is 0 Å². The number of benzene rings is 1. The zero-order valence-electron chi connectivity index (χ0n) is 12.0. The summed E-state index contributed by atoms with van der Waals surface area (Å²) in [4.78, 5) is 2.03. The highest BCUT2D eigenvalue weighted by Gasteiger charge is 2.36. The molecule has 4 nitrogen and oxygen atoms in total. The Hall–Kier alpha value is -0.270. The molecule has 0 aromatic heterocycles. The number of rotatable bonds is 5. The Morgan fingerprint density at radius 1 is 1.52 bits per heavy atom. The summed E-state index contributed by atoms with van der Waals surface area (Å²) in [6, 6.07) is 7.40. The molecule has 0 amide bonds. The van der Waals surface area contributed by atoms with Crippen LogP contribution in [-0.2, 0) is 9.84 Å². The van der Waals surface area contributed by atoms with Crippen molar-refractivity contribution >= 4 is 33.2 Å². The predicted molar refractivity (Wildman–Crippen MR) is 90.5 cm³/mol. The van der Waals surface area contributed by atoms with Gasteiger partial charge in [-0.3, -0.25) is 4.90 Å². The third kappa shape index (κ3) is 3.93. The van der Waals surface area contributed by atoms with Gasteiger partial charge in [-0.1, -0.05) is 30.7 Å². The van der Waals surface area contributed by atoms with Crippen molar-refractivity contribution in [2.45, 2.75) is 18.3 Å². The van der Waals surface area contributed by atoms with E-state index in [0.717, 1.165) is 17.9 Å². The van der Waals surface area contributed by atoms with E-state index >= 15 is 0 Å². The topological polar surface area (TPSA) is 63.4 Å². The first-order valence-electron chi connectivity index (χ1n) is 7.00. The first-order valence-corrected chi connectivity index (χ1v) is 10.2. The highest BCUT2D eigenvalue weighted by atomic mass is 35.5. The SMILES string of the molecule is CCS(=O)(=O)C1CSCCN1C(CN)c1cccc(Cl)c1.